The lowest BCUT2D eigenvalue weighted by atomic mass is 10.2. The fraction of sp³-hybridized carbons (Fsp3) is 0.556. The van der Waals surface area contributed by atoms with E-state index in [2.05, 4.69) is 19.4 Å². The van der Waals surface area contributed by atoms with Gasteiger partial charge in [0.25, 0.3) is 5.91 Å². The number of likely N-dealkylation sites (N-methyl/N-ethyl adjacent to an activating group) is 1. The van der Waals surface area contributed by atoms with Crippen molar-refractivity contribution in [2.24, 2.45) is 0 Å². The van der Waals surface area contributed by atoms with E-state index < -0.39 is 0 Å². The van der Waals surface area contributed by atoms with E-state index in [0.717, 1.165) is 4.48 Å². The van der Waals surface area contributed by atoms with Gasteiger partial charge in [-0.25, -0.2) is 4.79 Å². The Morgan fingerprint density at radius 2 is 1.78 bits per heavy atom. The van der Waals surface area contributed by atoms with Crippen LogP contribution in [0.1, 0.15) is 43.0 Å². The van der Waals surface area contributed by atoms with E-state index in [1.165, 1.54) is 25.7 Å². The highest BCUT2D eigenvalue weighted by Gasteiger charge is 2.32. The molecule has 1 saturated carbocycles. The van der Waals surface area contributed by atoms with Crippen LogP contribution in [0, 0.1) is 0 Å². The Balaban J connectivity index is 1.91. The standard InChI is InChI=1S/C18H26N2O3/c1-4-23-18(22)14-9-11-15(12-10-14)19-17(21)13-20(2,3)16-7-5-6-8-16/h9-12,16H,4-8,13H2,1-3H3/p+1. The Bertz CT molecular complexity index is 546. The third-order valence-electron chi connectivity index (χ3n) is 4.54. The van der Waals surface area contributed by atoms with Gasteiger partial charge >= 0.3 is 5.97 Å². The van der Waals surface area contributed by atoms with E-state index >= 15 is 0 Å². The molecule has 2 rings (SSSR count). The number of rotatable bonds is 6. The molecule has 1 aromatic rings. The van der Waals surface area contributed by atoms with Gasteiger partial charge in [-0.15, -0.1) is 0 Å². The van der Waals surface area contributed by atoms with Gasteiger partial charge in [-0.1, -0.05) is 0 Å². The molecule has 0 atom stereocenters. The van der Waals surface area contributed by atoms with Gasteiger partial charge in [0.1, 0.15) is 0 Å². The van der Waals surface area contributed by atoms with E-state index in [9.17, 15) is 9.59 Å². The number of carbonyl (C=O) groups is 2. The number of carbonyl (C=O) groups excluding carboxylic acids is 2. The number of nitrogens with zero attached hydrogens (tertiary/aromatic N) is 1. The molecule has 0 heterocycles. The van der Waals surface area contributed by atoms with Gasteiger partial charge in [0.2, 0.25) is 0 Å². The summed E-state index contributed by atoms with van der Waals surface area (Å²) in [5, 5.41) is 2.91. The normalized spacial score (nSPS) is 15.4. The first-order valence-corrected chi connectivity index (χ1v) is 8.32. The fourth-order valence-electron chi connectivity index (χ4n) is 3.21. The Morgan fingerprint density at radius 1 is 1.17 bits per heavy atom. The number of hydrogen-bond donors (Lipinski definition) is 1. The second-order valence-electron chi connectivity index (χ2n) is 6.72. The van der Waals surface area contributed by atoms with Crippen LogP contribution in [0.5, 0.6) is 0 Å². The van der Waals surface area contributed by atoms with Crippen molar-refractivity contribution < 1.29 is 18.8 Å². The van der Waals surface area contributed by atoms with Crippen molar-refractivity contribution in [3.63, 3.8) is 0 Å². The molecular formula is C18H27N2O3+. The Kier molecular flexibility index (Phi) is 5.77. The van der Waals surface area contributed by atoms with Crippen molar-refractivity contribution in [2.75, 3.05) is 32.6 Å². The monoisotopic (exact) mass is 319 g/mol. The third-order valence-corrected chi connectivity index (χ3v) is 4.54. The molecule has 1 aromatic carbocycles. The molecule has 0 aliphatic heterocycles. The molecule has 126 valence electrons. The van der Waals surface area contributed by atoms with Crippen LogP contribution in [-0.4, -0.2) is 49.6 Å². The Labute approximate surface area is 138 Å². The van der Waals surface area contributed by atoms with Crippen LogP contribution >= 0.6 is 0 Å². The van der Waals surface area contributed by atoms with Crippen molar-refractivity contribution in [3.05, 3.63) is 29.8 Å². The van der Waals surface area contributed by atoms with Gasteiger partial charge in [-0.2, -0.15) is 0 Å². The van der Waals surface area contributed by atoms with Gasteiger partial charge in [-0.3, -0.25) is 4.79 Å². The highest BCUT2D eigenvalue weighted by atomic mass is 16.5. The number of quaternary nitrogens is 1. The summed E-state index contributed by atoms with van der Waals surface area (Å²) >= 11 is 0. The van der Waals surface area contributed by atoms with Crippen molar-refractivity contribution in [2.45, 2.75) is 38.6 Å². The molecule has 1 amide bonds. The summed E-state index contributed by atoms with van der Waals surface area (Å²) in [5.74, 6) is -0.338. The molecule has 5 heteroatoms. The van der Waals surface area contributed by atoms with E-state index in [-0.39, 0.29) is 11.9 Å². The van der Waals surface area contributed by atoms with Crippen LogP contribution in [0.2, 0.25) is 0 Å². The molecule has 0 bridgehead atoms. The zero-order valence-electron chi connectivity index (χ0n) is 14.3. The van der Waals surface area contributed by atoms with Gasteiger partial charge < -0.3 is 14.5 Å². The van der Waals surface area contributed by atoms with Gasteiger partial charge in [0, 0.05) is 5.69 Å². The molecule has 1 fully saturated rings. The molecule has 1 aliphatic rings. The minimum Gasteiger partial charge on any atom is -0.462 e. The lowest BCUT2D eigenvalue weighted by molar-refractivity contribution is -0.906. The maximum absolute atomic E-state index is 12.3. The third kappa shape index (κ3) is 4.79. The molecule has 0 aromatic heterocycles. The molecular weight excluding hydrogens is 292 g/mol. The minimum absolute atomic E-state index is 0.00536. The summed E-state index contributed by atoms with van der Waals surface area (Å²) in [6, 6.07) is 7.39. The second kappa shape index (κ2) is 7.59. The predicted octanol–water partition coefficient (Wildman–Crippen LogP) is 2.82. The van der Waals surface area contributed by atoms with E-state index in [1.54, 1.807) is 31.2 Å². The number of anilines is 1. The molecule has 23 heavy (non-hydrogen) atoms. The van der Waals surface area contributed by atoms with Crippen molar-refractivity contribution >= 4 is 17.6 Å². The maximum atomic E-state index is 12.3. The van der Waals surface area contributed by atoms with Crippen molar-refractivity contribution in [3.8, 4) is 0 Å². The first kappa shape index (κ1) is 17.5. The minimum atomic E-state index is -0.343. The topological polar surface area (TPSA) is 55.4 Å². The first-order valence-electron chi connectivity index (χ1n) is 8.32. The number of benzene rings is 1. The SMILES string of the molecule is CCOC(=O)c1ccc(NC(=O)C[N+](C)(C)C2CCCC2)cc1. The largest absolute Gasteiger partial charge is 0.462 e. The van der Waals surface area contributed by atoms with E-state index in [4.69, 9.17) is 4.74 Å². The zero-order valence-corrected chi connectivity index (χ0v) is 14.3. The molecule has 1 N–H and O–H groups in total. The molecule has 5 nitrogen and oxygen atoms in total. The van der Waals surface area contributed by atoms with Crippen LogP contribution < -0.4 is 5.32 Å². The second-order valence-corrected chi connectivity index (χ2v) is 6.72. The fourth-order valence-corrected chi connectivity index (χ4v) is 3.21. The number of amides is 1. The number of esters is 1. The number of ether oxygens (including phenoxy) is 1. The number of nitrogens with one attached hydrogen (secondary N) is 1. The highest BCUT2D eigenvalue weighted by molar-refractivity contribution is 5.93. The summed E-state index contributed by atoms with van der Waals surface area (Å²) in [7, 11) is 4.25. The van der Waals surface area contributed by atoms with Crippen LogP contribution in [-0.2, 0) is 9.53 Å². The van der Waals surface area contributed by atoms with Crippen LogP contribution in [0.3, 0.4) is 0 Å². The summed E-state index contributed by atoms with van der Waals surface area (Å²) in [5.41, 5.74) is 1.20. The van der Waals surface area contributed by atoms with Crippen LogP contribution in [0.15, 0.2) is 24.3 Å². The summed E-state index contributed by atoms with van der Waals surface area (Å²) in [6.45, 7) is 2.59. The average molecular weight is 319 g/mol. The first-order chi connectivity index (χ1) is 10.9. The lowest BCUT2D eigenvalue weighted by Crippen LogP contribution is -2.51. The quantitative estimate of drug-likeness (QED) is 0.648. The smallest absolute Gasteiger partial charge is 0.338 e. The summed E-state index contributed by atoms with van der Waals surface area (Å²) in [4.78, 5) is 23.9. The summed E-state index contributed by atoms with van der Waals surface area (Å²) < 4.78 is 5.67. The molecule has 1 aliphatic carbocycles. The van der Waals surface area contributed by atoms with Gasteiger partial charge in [-0.05, 0) is 56.9 Å². The molecule has 0 radical (unpaired) electrons. The van der Waals surface area contributed by atoms with Crippen molar-refractivity contribution in [1.29, 1.82) is 0 Å². The Morgan fingerprint density at radius 3 is 2.35 bits per heavy atom. The van der Waals surface area contributed by atoms with E-state index in [1.807, 2.05) is 0 Å². The Hall–Kier alpha value is -1.88. The van der Waals surface area contributed by atoms with E-state index in [0.29, 0.717) is 30.4 Å². The van der Waals surface area contributed by atoms with Crippen LogP contribution in [0.25, 0.3) is 0 Å². The van der Waals surface area contributed by atoms with Gasteiger partial charge in [0.15, 0.2) is 6.54 Å². The summed E-state index contributed by atoms with van der Waals surface area (Å²) in [6.07, 6.45) is 4.94. The highest BCUT2D eigenvalue weighted by Crippen LogP contribution is 2.26. The maximum Gasteiger partial charge on any atom is 0.338 e. The lowest BCUT2D eigenvalue weighted by Gasteiger charge is -2.35. The van der Waals surface area contributed by atoms with Gasteiger partial charge in [0.05, 0.1) is 32.3 Å². The zero-order chi connectivity index (χ0) is 16.9. The molecule has 0 spiro atoms. The van der Waals surface area contributed by atoms with Crippen molar-refractivity contribution in [1.82, 2.24) is 0 Å². The molecule has 0 unspecified atom stereocenters. The molecule has 0 saturated heterocycles. The average Bonchev–Trinajstić information content (AvgIpc) is 3.02. The number of hydrogen-bond acceptors (Lipinski definition) is 3. The predicted molar refractivity (Wildman–Crippen MR) is 90.3 cm³/mol. The van der Waals surface area contributed by atoms with Crippen LogP contribution in [0.4, 0.5) is 5.69 Å².